The second kappa shape index (κ2) is 7.14. The predicted molar refractivity (Wildman–Crippen MR) is 89.1 cm³/mol. The zero-order chi connectivity index (χ0) is 15.2. The van der Waals surface area contributed by atoms with E-state index in [9.17, 15) is 4.79 Å². The Morgan fingerprint density at radius 3 is 2.57 bits per heavy atom. The smallest absolute Gasteiger partial charge is 0.226 e. The molecule has 0 fully saturated rings. The van der Waals surface area contributed by atoms with Crippen molar-refractivity contribution in [2.45, 2.75) is 20.3 Å². The first-order valence-corrected chi connectivity index (χ1v) is 7.29. The van der Waals surface area contributed by atoms with Crippen molar-refractivity contribution in [1.82, 2.24) is 0 Å². The van der Waals surface area contributed by atoms with E-state index >= 15 is 0 Å². The van der Waals surface area contributed by atoms with Gasteiger partial charge in [-0.2, -0.15) is 0 Å². The first-order chi connectivity index (χ1) is 10.1. The summed E-state index contributed by atoms with van der Waals surface area (Å²) in [5, 5.41) is 6.77. The molecule has 0 aromatic heterocycles. The molecule has 0 saturated heterocycles. The van der Waals surface area contributed by atoms with Gasteiger partial charge >= 0.3 is 0 Å². The summed E-state index contributed by atoms with van der Waals surface area (Å²) in [6.45, 7) is 4.56. The number of anilines is 2. The van der Waals surface area contributed by atoms with Gasteiger partial charge in [0.2, 0.25) is 5.91 Å². The SMILES string of the molecule is Cc1ccc(NC(=O)CCNc2ccccc2C)cc1Cl. The molecule has 0 heterocycles. The second-order valence-corrected chi connectivity index (χ2v) is 5.41. The van der Waals surface area contributed by atoms with Gasteiger partial charge < -0.3 is 10.6 Å². The highest BCUT2D eigenvalue weighted by Crippen LogP contribution is 2.20. The molecule has 110 valence electrons. The van der Waals surface area contributed by atoms with Crippen molar-refractivity contribution in [2.75, 3.05) is 17.2 Å². The number of aryl methyl sites for hydroxylation is 2. The molecule has 0 aliphatic rings. The Morgan fingerprint density at radius 2 is 1.86 bits per heavy atom. The van der Waals surface area contributed by atoms with Crippen molar-refractivity contribution < 1.29 is 4.79 Å². The number of rotatable bonds is 5. The van der Waals surface area contributed by atoms with E-state index in [1.54, 1.807) is 6.07 Å². The molecular formula is C17H19ClN2O. The topological polar surface area (TPSA) is 41.1 Å². The summed E-state index contributed by atoms with van der Waals surface area (Å²) in [7, 11) is 0. The fourth-order valence-electron chi connectivity index (χ4n) is 1.98. The van der Waals surface area contributed by atoms with E-state index in [0.29, 0.717) is 18.0 Å². The average molecular weight is 303 g/mol. The van der Waals surface area contributed by atoms with E-state index in [0.717, 1.165) is 16.9 Å². The van der Waals surface area contributed by atoms with E-state index in [1.807, 2.05) is 50.2 Å². The first-order valence-electron chi connectivity index (χ1n) is 6.92. The van der Waals surface area contributed by atoms with Gasteiger partial charge in [0, 0.05) is 29.4 Å². The fraction of sp³-hybridized carbons (Fsp3) is 0.235. The Kier molecular flexibility index (Phi) is 5.23. The molecule has 2 aromatic carbocycles. The maximum absolute atomic E-state index is 11.9. The molecule has 0 unspecified atom stereocenters. The molecule has 3 nitrogen and oxygen atoms in total. The molecule has 21 heavy (non-hydrogen) atoms. The van der Waals surface area contributed by atoms with E-state index in [2.05, 4.69) is 10.6 Å². The van der Waals surface area contributed by atoms with Crippen molar-refractivity contribution in [3.63, 3.8) is 0 Å². The van der Waals surface area contributed by atoms with E-state index < -0.39 is 0 Å². The zero-order valence-electron chi connectivity index (χ0n) is 12.2. The van der Waals surface area contributed by atoms with Crippen LogP contribution in [0, 0.1) is 13.8 Å². The molecule has 2 rings (SSSR count). The number of carbonyl (C=O) groups is 1. The Morgan fingerprint density at radius 1 is 1.10 bits per heavy atom. The third kappa shape index (κ3) is 4.50. The molecule has 0 aliphatic carbocycles. The van der Waals surface area contributed by atoms with E-state index in [1.165, 1.54) is 5.56 Å². The number of benzene rings is 2. The summed E-state index contributed by atoms with van der Waals surface area (Å²) in [6.07, 6.45) is 0.403. The molecule has 2 N–H and O–H groups in total. The highest BCUT2D eigenvalue weighted by molar-refractivity contribution is 6.31. The van der Waals surface area contributed by atoms with Crippen LogP contribution in [0.1, 0.15) is 17.5 Å². The van der Waals surface area contributed by atoms with Crippen LogP contribution in [-0.2, 0) is 4.79 Å². The third-order valence-electron chi connectivity index (χ3n) is 3.27. The monoisotopic (exact) mass is 302 g/mol. The van der Waals surface area contributed by atoms with Gasteiger partial charge in [-0.3, -0.25) is 4.79 Å². The maximum atomic E-state index is 11.9. The van der Waals surface area contributed by atoms with Crippen LogP contribution in [-0.4, -0.2) is 12.5 Å². The lowest BCUT2D eigenvalue weighted by molar-refractivity contribution is -0.115. The second-order valence-electron chi connectivity index (χ2n) is 5.00. The quantitative estimate of drug-likeness (QED) is 0.859. The largest absolute Gasteiger partial charge is 0.384 e. The molecule has 0 radical (unpaired) electrons. The lowest BCUT2D eigenvalue weighted by atomic mass is 10.2. The number of amides is 1. The number of hydrogen-bond donors (Lipinski definition) is 2. The normalized spacial score (nSPS) is 10.2. The van der Waals surface area contributed by atoms with Crippen molar-refractivity contribution >= 4 is 28.9 Å². The van der Waals surface area contributed by atoms with Crippen LogP contribution in [0.3, 0.4) is 0 Å². The summed E-state index contributed by atoms with van der Waals surface area (Å²) >= 11 is 6.04. The minimum absolute atomic E-state index is 0.0315. The molecule has 2 aromatic rings. The third-order valence-corrected chi connectivity index (χ3v) is 3.68. The van der Waals surface area contributed by atoms with Crippen molar-refractivity contribution in [3.8, 4) is 0 Å². The van der Waals surface area contributed by atoms with Crippen LogP contribution in [0.2, 0.25) is 5.02 Å². The van der Waals surface area contributed by atoms with Crippen LogP contribution in [0.4, 0.5) is 11.4 Å². The summed E-state index contributed by atoms with van der Waals surface area (Å²) in [4.78, 5) is 11.9. The number of para-hydroxylation sites is 1. The highest BCUT2D eigenvalue weighted by atomic mass is 35.5. The van der Waals surface area contributed by atoms with Gasteiger partial charge in [0.15, 0.2) is 0 Å². The Labute approximate surface area is 130 Å². The first kappa shape index (κ1) is 15.4. The van der Waals surface area contributed by atoms with Crippen molar-refractivity contribution in [1.29, 1.82) is 0 Å². The summed E-state index contributed by atoms with van der Waals surface area (Å²) < 4.78 is 0. The molecule has 0 bridgehead atoms. The van der Waals surface area contributed by atoms with Gasteiger partial charge in [0.25, 0.3) is 0 Å². The summed E-state index contributed by atoms with van der Waals surface area (Å²) in [6, 6.07) is 13.5. The number of halogens is 1. The van der Waals surface area contributed by atoms with Gasteiger partial charge in [0.1, 0.15) is 0 Å². The van der Waals surface area contributed by atoms with Crippen LogP contribution in [0.5, 0.6) is 0 Å². The Hall–Kier alpha value is -2.00. The van der Waals surface area contributed by atoms with E-state index in [-0.39, 0.29) is 5.91 Å². The lowest BCUT2D eigenvalue weighted by Crippen LogP contribution is -2.16. The van der Waals surface area contributed by atoms with Crippen molar-refractivity contribution in [2.24, 2.45) is 0 Å². The molecule has 0 saturated carbocycles. The van der Waals surface area contributed by atoms with Gasteiger partial charge in [0.05, 0.1) is 0 Å². The molecular weight excluding hydrogens is 284 g/mol. The van der Waals surface area contributed by atoms with Crippen molar-refractivity contribution in [3.05, 3.63) is 58.6 Å². The lowest BCUT2D eigenvalue weighted by Gasteiger charge is -2.10. The van der Waals surface area contributed by atoms with Crippen LogP contribution in [0.25, 0.3) is 0 Å². The Balaban J connectivity index is 1.82. The number of hydrogen-bond acceptors (Lipinski definition) is 2. The Bertz CT molecular complexity index is 640. The highest BCUT2D eigenvalue weighted by Gasteiger charge is 2.04. The maximum Gasteiger partial charge on any atom is 0.226 e. The van der Waals surface area contributed by atoms with Crippen LogP contribution < -0.4 is 10.6 Å². The van der Waals surface area contributed by atoms with Gasteiger partial charge in [-0.15, -0.1) is 0 Å². The summed E-state index contributed by atoms with van der Waals surface area (Å²) in [5.74, 6) is -0.0315. The molecule has 0 atom stereocenters. The van der Waals surface area contributed by atoms with Gasteiger partial charge in [-0.25, -0.2) is 0 Å². The molecule has 4 heteroatoms. The minimum Gasteiger partial charge on any atom is -0.384 e. The number of nitrogens with one attached hydrogen (secondary N) is 2. The number of carbonyl (C=O) groups excluding carboxylic acids is 1. The molecule has 0 spiro atoms. The van der Waals surface area contributed by atoms with Crippen LogP contribution >= 0.6 is 11.6 Å². The van der Waals surface area contributed by atoms with Crippen LogP contribution in [0.15, 0.2) is 42.5 Å². The summed E-state index contributed by atoms with van der Waals surface area (Å²) in [5.41, 5.74) is 3.95. The standard InChI is InChI=1S/C17H19ClN2O/c1-12-7-8-14(11-15(12)18)20-17(21)9-10-19-16-6-4-3-5-13(16)2/h3-8,11,19H,9-10H2,1-2H3,(H,20,21). The fourth-order valence-corrected chi connectivity index (χ4v) is 2.16. The predicted octanol–water partition coefficient (Wildman–Crippen LogP) is 4.40. The van der Waals surface area contributed by atoms with Gasteiger partial charge in [-0.1, -0.05) is 35.9 Å². The van der Waals surface area contributed by atoms with Gasteiger partial charge in [-0.05, 0) is 43.2 Å². The van der Waals surface area contributed by atoms with E-state index in [4.69, 9.17) is 11.6 Å². The average Bonchev–Trinajstić information content (AvgIpc) is 2.45. The zero-order valence-corrected chi connectivity index (χ0v) is 13.0. The minimum atomic E-state index is -0.0315. The molecule has 1 amide bonds. The molecule has 0 aliphatic heterocycles.